The second kappa shape index (κ2) is 8.44. The molecule has 4 heterocycles. The third-order valence-corrected chi connectivity index (χ3v) is 6.29. The van der Waals surface area contributed by atoms with Crippen molar-refractivity contribution in [2.24, 2.45) is 0 Å². The van der Waals surface area contributed by atoms with Gasteiger partial charge in [-0.1, -0.05) is 6.07 Å². The molecule has 4 rings (SSSR count). The number of rotatable bonds is 5. The van der Waals surface area contributed by atoms with Gasteiger partial charge in [0.15, 0.2) is 5.82 Å². The lowest BCUT2D eigenvalue weighted by atomic mass is 10.1. The molecule has 0 aromatic carbocycles. The van der Waals surface area contributed by atoms with E-state index in [2.05, 4.69) is 44.3 Å². The van der Waals surface area contributed by atoms with Crippen LogP contribution in [0.5, 0.6) is 0 Å². The molecule has 0 radical (unpaired) electrons. The molecule has 3 aromatic heterocycles. The first kappa shape index (κ1) is 19.1. The molecule has 28 heavy (non-hydrogen) atoms. The first-order chi connectivity index (χ1) is 13.6. The molecule has 146 valence electrons. The molecule has 1 aliphatic rings. The molecular formula is C19H22N6OS2. The zero-order chi connectivity index (χ0) is 19.5. The number of nitrogens with zero attached hydrogens (tertiary/aromatic N) is 4. The van der Waals surface area contributed by atoms with Gasteiger partial charge in [0.1, 0.15) is 16.5 Å². The van der Waals surface area contributed by atoms with Crippen molar-refractivity contribution in [1.82, 2.24) is 25.2 Å². The van der Waals surface area contributed by atoms with Crippen molar-refractivity contribution in [3.8, 4) is 21.4 Å². The van der Waals surface area contributed by atoms with Gasteiger partial charge in [0.25, 0.3) is 0 Å². The Morgan fingerprint density at radius 2 is 2.21 bits per heavy atom. The summed E-state index contributed by atoms with van der Waals surface area (Å²) < 4.78 is 0. The summed E-state index contributed by atoms with van der Waals surface area (Å²) in [6, 6.07) is 6.42. The lowest BCUT2D eigenvalue weighted by Gasteiger charge is -2.36. The van der Waals surface area contributed by atoms with Crippen LogP contribution in [0.15, 0.2) is 35.2 Å². The van der Waals surface area contributed by atoms with Crippen LogP contribution >= 0.6 is 22.7 Å². The van der Waals surface area contributed by atoms with Crippen molar-refractivity contribution < 1.29 is 4.79 Å². The first-order valence-electron chi connectivity index (χ1n) is 9.18. The van der Waals surface area contributed by atoms with Crippen LogP contribution in [0.2, 0.25) is 0 Å². The number of hydrogen-bond donors (Lipinski definition) is 2. The van der Waals surface area contributed by atoms with Crippen LogP contribution < -0.4 is 10.6 Å². The Morgan fingerprint density at radius 1 is 1.32 bits per heavy atom. The topological polar surface area (TPSA) is 83.0 Å². The Hall–Kier alpha value is -2.20. The van der Waals surface area contributed by atoms with Gasteiger partial charge in [0.2, 0.25) is 5.91 Å². The Balaban J connectivity index is 1.55. The van der Waals surface area contributed by atoms with Crippen LogP contribution in [-0.4, -0.2) is 57.5 Å². The van der Waals surface area contributed by atoms with Gasteiger partial charge in [0, 0.05) is 42.8 Å². The predicted octanol–water partition coefficient (Wildman–Crippen LogP) is 2.95. The van der Waals surface area contributed by atoms with E-state index in [1.165, 1.54) is 11.3 Å². The summed E-state index contributed by atoms with van der Waals surface area (Å²) >= 11 is 3.08. The number of carbonyl (C=O) groups excluding carboxylic acids is 1. The molecule has 2 atom stereocenters. The molecule has 3 aromatic rings. The molecule has 1 aliphatic heterocycles. The summed E-state index contributed by atoms with van der Waals surface area (Å²) in [6.45, 7) is 6.35. The third kappa shape index (κ3) is 4.44. The van der Waals surface area contributed by atoms with Crippen LogP contribution in [0.25, 0.3) is 21.4 Å². The zero-order valence-electron chi connectivity index (χ0n) is 15.8. The number of piperazine rings is 1. The van der Waals surface area contributed by atoms with Gasteiger partial charge in [-0.3, -0.25) is 9.69 Å². The minimum absolute atomic E-state index is 0.0677. The van der Waals surface area contributed by atoms with Gasteiger partial charge in [-0.25, -0.2) is 15.0 Å². The molecule has 7 nitrogen and oxygen atoms in total. The highest BCUT2D eigenvalue weighted by atomic mass is 32.1. The number of thiazole rings is 1. The molecule has 0 spiro atoms. The summed E-state index contributed by atoms with van der Waals surface area (Å²) in [4.78, 5) is 29.4. The van der Waals surface area contributed by atoms with Crippen molar-refractivity contribution in [3.05, 3.63) is 35.2 Å². The lowest BCUT2D eigenvalue weighted by molar-refractivity contribution is -0.118. The van der Waals surface area contributed by atoms with Crippen molar-refractivity contribution in [3.63, 3.8) is 0 Å². The van der Waals surface area contributed by atoms with Gasteiger partial charge in [0.05, 0.1) is 11.4 Å². The number of amides is 1. The van der Waals surface area contributed by atoms with Crippen molar-refractivity contribution in [1.29, 1.82) is 0 Å². The van der Waals surface area contributed by atoms with E-state index in [1.807, 2.05) is 22.9 Å². The van der Waals surface area contributed by atoms with Gasteiger partial charge in [-0.15, -0.1) is 22.7 Å². The van der Waals surface area contributed by atoms with Crippen LogP contribution in [0.1, 0.15) is 13.8 Å². The first-order valence-corrected chi connectivity index (χ1v) is 10.9. The number of nitrogens with one attached hydrogen (secondary N) is 2. The second-order valence-electron chi connectivity index (χ2n) is 6.91. The summed E-state index contributed by atoms with van der Waals surface area (Å²) in [5.74, 6) is 1.04. The van der Waals surface area contributed by atoms with E-state index in [1.54, 1.807) is 23.6 Å². The van der Waals surface area contributed by atoms with E-state index in [0.29, 0.717) is 36.0 Å². The molecule has 1 amide bonds. The average molecular weight is 415 g/mol. The Kier molecular flexibility index (Phi) is 5.77. The normalized spacial score (nSPS) is 20.2. The fraction of sp³-hybridized carbons (Fsp3) is 0.368. The van der Waals surface area contributed by atoms with E-state index < -0.39 is 0 Å². The SMILES string of the molecule is CC1CN(CC(=O)Nc2cc(-c3nccs3)nc(-c3cccs3)n2)C(C)CN1. The van der Waals surface area contributed by atoms with Crippen LogP contribution in [0, 0.1) is 0 Å². The monoisotopic (exact) mass is 414 g/mol. The quantitative estimate of drug-likeness (QED) is 0.668. The molecule has 0 bridgehead atoms. The van der Waals surface area contributed by atoms with E-state index in [9.17, 15) is 4.79 Å². The van der Waals surface area contributed by atoms with E-state index in [0.717, 1.165) is 23.0 Å². The molecule has 0 saturated carbocycles. The van der Waals surface area contributed by atoms with Gasteiger partial charge in [-0.05, 0) is 25.3 Å². The van der Waals surface area contributed by atoms with Crippen LogP contribution in [0.3, 0.4) is 0 Å². The third-order valence-electron chi connectivity index (χ3n) is 4.63. The summed E-state index contributed by atoms with van der Waals surface area (Å²) in [7, 11) is 0. The van der Waals surface area contributed by atoms with E-state index in [-0.39, 0.29) is 5.91 Å². The molecule has 2 N–H and O–H groups in total. The van der Waals surface area contributed by atoms with Gasteiger partial charge < -0.3 is 10.6 Å². The zero-order valence-corrected chi connectivity index (χ0v) is 17.4. The molecule has 2 unspecified atom stereocenters. The molecule has 0 aliphatic carbocycles. The standard InChI is InChI=1S/C19H22N6OS2/c1-12-10-25(13(2)9-21-12)11-17(26)23-16-8-14(19-20-5-7-28-19)22-18(24-16)15-4-3-6-27-15/h3-8,12-13,21H,9-11H2,1-2H3,(H,22,23,24,26). The molecule has 1 fully saturated rings. The second-order valence-corrected chi connectivity index (χ2v) is 8.75. The maximum atomic E-state index is 12.7. The van der Waals surface area contributed by atoms with Crippen molar-refractivity contribution in [2.75, 3.05) is 25.0 Å². The molecular weight excluding hydrogens is 392 g/mol. The molecule has 1 saturated heterocycles. The molecule has 9 heteroatoms. The highest BCUT2D eigenvalue weighted by Gasteiger charge is 2.24. The fourth-order valence-electron chi connectivity index (χ4n) is 3.17. The fourth-order valence-corrected chi connectivity index (χ4v) is 4.43. The van der Waals surface area contributed by atoms with Crippen molar-refractivity contribution in [2.45, 2.75) is 25.9 Å². The minimum atomic E-state index is -0.0677. The largest absolute Gasteiger partial charge is 0.311 e. The van der Waals surface area contributed by atoms with Gasteiger partial charge in [-0.2, -0.15) is 0 Å². The lowest BCUT2D eigenvalue weighted by Crippen LogP contribution is -2.55. The minimum Gasteiger partial charge on any atom is -0.311 e. The van der Waals surface area contributed by atoms with Crippen molar-refractivity contribution >= 4 is 34.4 Å². The van der Waals surface area contributed by atoms with E-state index >= 15 is 0 Å². The summed E-state index contributed by atoms with van der Waals surface area (Å²) in [5, 5.41) is 11.1. The average Bonchev–Trinajstić information content (AvgIpc) is 3.38. The Labute approximate surface area is 171 Å². The highest BCUT2D eigenvalue weighted by molar-refractivity contribution is 7.13. The maximum Gasteiger partial charge on any atom is 0.239 e. The maximum absolute atomic E-state index is 12.7. The smallest absolute Gasteiger partial charge is 0.239 e. The van der Waals surface area contributed by atoms with Crippen LogP contribution in [0.4, 0.5) is 5.82 Å². The summed E-state index contributed by atoms with van der Waals surface area (Å²) in [6.07, 6.45) is 1.75. The Bertz CT molecular complexity index is 876. The number of aromatic nitrogens is 3. The Morgan fingerprint density at radius 3 is 2.96 bits per heavy atom. The highest BCUT2D eigenvalue weighted by Crippen LogP contribution is 2.27. The number of hydrogen-bond acceptors (Lipinski definition) is 8. The summed E-state index contributed by atoms with van der Waals surface area (Å²) in [5.41, 5.74) is 0.716. The predicted molar refractivity (Wildman–Crippen MR) is 114 cm³/mol. The van der Waals surface area contributed by atoms with Gasteiger partial charge >= 0.3 is 0 Å². The number of carbonyl (C=O) groups is 1. The van der Waals surface area contributed by atoms with E-state index in [4.69, 9.17) is 0 Å². The number of anilines is 1. The number of thiophene rings is 1. The van der Waals surface area contributed by atoms with Crippen LogP contribution in [-0.2, 0) is 4.79 Å².